The normalized spacial score (nSPS) is 11.2. The van der Waals surface area contributed by atoms with Crippen LogP contribution in [0, 0.1) is 12.7 Å². The minimum absolute atomic E-state index is 0.196. The molecule has 0 atom stereocenters. The van der Waals surface area contributed by atoms with Gasteiger partial charge in [0.2, 0.25) is 0 Å². The second kappa shape index (κ2) is 6.39. The average Bonchev–Trinajstić information content (AvgIpc) is 2.54. The van der Waals surface area contributed by atoms with Crippen molar-refractivity contribution < 1.29 is 17.9 Å². The topological polar surface area (TPSA) is 42.1 Å². The largest absolute Gasteiger partial charge is 0.488 e. The number of hydrogen-bond donors (Lipinski definition) is 1. The van der Waals surface area contributed by atoms with Crippen LogP contribution in [0.3, 0.4) is 0 Å². The zero-order chi connectivity index (χ0) is 17.3. The number of H-pyrrole nitrogens is 1. The molecule has 1 N–H and O–H groups in total. The van der Waals surface area contributed by atoms with E-state index in [2.05, 4.69) is 4.98 Å². The third kappa shape index (κ3) is 3.13. The van der Waals surface area contributed by atoms with E-state index < -0.39 is 13.0 Å². The number of benzene rings is 2. The fourth-order valence-electron chi connectivity index (χ4n) is 2.64. The summed E-state index contributed by atoms with van der Waals surface area (Å²) in [6.07, 6.45) is -1.03. The molecule has 0 bridgehead atoms. The molecule has 6 heteroatoms. The number of nitrogens with one attached hydrogen (secondary N) is 1. The van der Waals surface area contributed by atoms with Gasteiger partial charge in [-0.05, 0) is 53.8 Å². The molecular formula is C18H14F3NO2. The number of fused-ring (bicyclic) bond motifs is 1. The van der Waals surface area contributed by atoms with Gasteiger partial charge in [-0.3, -0.25) is 4.79 Å². The molecule has 1 heterocycles. The van der Waals surface area contributed by atoms with Gasteiger partial charge in [-0.15, -0.1) is 0 Å². The number of rotatable bonds is 4. The Balaban J connectivity index is 2.13. The first-order valence-electron chi connectivity index (χ1n) is 7.28. The van der Waals surface area contributed by atoms with Crippen molar-refractivity contribution in [1.29, 1.82) is 0 Å². The lowest BCUT2D eigenvalue weighted by Gasteiger charge is -2.11. The molecule has 0 aliphatic rings. The number of pyridine rings is 1. The second-order valence-electron chi connectivity index (χ2n) is 5.40. The summed E-state index contributed by atoms with van der Waals surface area (Å²) in [7, 11) is 0. The molecule has 3 aromatic rings. The van der Waals surface area contributed by atoms with E-state index in [4.69, 9.17) is 4.74 Å². The van der Waals surface area contributed by atoms with Crippen LogP contribution in [0.1, 0.15) is 5.56 Å². The zero-order valence-corrected chi connectivity index (χ0v) is 12.8. The molecule has 124 valence electrons. The zero-order valence-electron chi connectivity index (χ0n) is 12.8. The quantitative estimate of drug-likeness (QED) is 0.774. The van der Waals surface area contributed by atoms with Gasteiger partial charge in [0.05, 0.1) is 5.39 Å². The monoisotopic (exact) mass is 333 g/mol. The highest BCUT2D eigenvalue weighted by molar-refractivity contribution is 5.97. The third-order valence-corrected chi connectivity index (χ3v) is 3.73. The van der Waals surface area contributed by atoms with Crippen molar-refractivity contribution in [3.05, 3.63) is 64.3 Å². The summed E-state index contributed by atoms with van der Waals surface area (Å²) in [5.74, 6) is -0.144. The van der Waals surface area contributed by atoms with E-state index in [0.29, 0.717) is 10.8 Å². The molecule has 1 aromatic heterocycles. The summed E-state index contributed by atoms with van der Waals surface area (Å²) in [6, 6.07) is 9.00. The van der Waals surface area contributed by atoms with E-state index in [1.807, 2.05) is 0 Å². The maximum atomic E-state index is 13.3. The SMILES string of the molecule is Cc1cc(F)ccc1-c1c[nH]c(=O)c2cc(OCC(F)F)ccc12. The lowest BCUT2D eigenvalue weighted by atomic mass is 9.97. The maximum Gasteiger partial charge on any atom is 0.272 e. The van der Waals surface area contributed by atoms with Crippen LogP contribution in [0.4, 0.5) is 13.2 Å². The van der Waals surface area contributed by atoms with Crippen LogP contribution in [-0.2, 0) is 0 Å². The Labute approximate surface area is 135 Å². The summed E-state index contributed by atoms with van der Waals surface area (Å²) >= 11 is 0. The fraction of sp³-hybridized carbons (Fsp3) is 0.167. The standard InChI is InChI=1S/C18H14F3NO2/c1-10-6-11(19)2-4-13(10)16-8-22-18(23)15-7-12(3-5-14(15)16)24-9-17(20)21/h2-8,17H,9H2,1H3,(H,22,23). The summed E-state index contributed by atoms with van der Waals surface area (Å²) in [6.45, 7) is 1.04. The van der Waals surface area contributed by atoms with Crippen LogP contribution < -0.4 is 10.3 Å². The van der Waals surface area contributed by atoms with Crippen molar-refractivity contribution in [3.63, 3.8) is 0 Å². The highest BCUT2D eigenvalue weighted by Crippen LogP contribution is 2.31. The van der Waals surface area contributed by atoms with E-state index in [1.54, 1.807) is 25.3 Å². The summed E-state index contributed by atoms with van der Waals surface area (Å²) in [4.78, 5) is 14.7. The number of hydrogen-bond acceptors (Lipinski definition) is 2. The molecule has 0 aliphatic heterocycles. The molecule has 0 aliphatic carbocycles. The van der Waals surface area contributed by atoms with Crippen LogP contribution in [0.2, 0.25) is 0 Å². The van der Waals surface area contributed by atoms with Gasteiger partial charge in [-0.25, -0.2) is 13.2 Å². The molecule has 3 nitrogen and oxygen atoms in total. The summed E-state index contributed by atoms with van der Waals surface area (Å²) in [5.41, 5.74) is 1.87. The Morgan fingerprint density at radius 2 is 1.88 bits per heavy atom. The number of aromatic amines is 1. The minimum Gasteiger partial charge on any atom is -0.488 e. The Kier molecular flexibility index (Phi) is 4.29. The molecular weight excluding hydrogens is 319 g/mol. The van der Waals surface area contributed by atoms with Crippen LogP contribution in [0.15, 0.2) is 47.4 Å². The Bertz CT molecular complexity index is 951. The average molecular weight is 333 g/mol. The van der Waals surface area contributed by atoms with Crippen molar-refractivity contribution in [2.45, 2.75) is 13.3 Å². The molecule has 0 radical (unpaired) electrons. The highest BCUT2D eigenvalue weighted by Gasteiger charge is 2.11. The molecule has 0 saturated heterocycles. The van der Waals surface area contributed by atoms with Gasteiger partial charge in [0.15, 0.2) is 0 Å². The van der Waals surface area contributed by atoms with Gasteiger partial charge in [-0.1, -0.05) is 6.07 Å². The number of aryl methyl sites for hydroxylation is 1. The number of ether oxygens (including phenoxy) is 1. The fourth-order valence-corrected chi connectivity index (χ4v) is 2.64. The predicted octanol–water partition coefficient (Wildman–Crippen LogP) is 4.29. The van der Waals surface area contributed by atoms with Crippen LogP contribution in [0.25, 0.3) is 21.9 Å². The van der Waals surface area contributed by atoms with Gasteiger partial charge in [-0.2, -0.15) is 0 Å². The molecule has 0 fully saturated rings. The smallest absolute Gasteiger partial charge is 0.272 e. The minimum atomic E-state index is -2.59. The molecule has 0 unspecified atom stereocenters. The van der Waals surface area contributed by atoms with Crippen molar-refractivity contribution >= 4 is 10.8 Å². The van der Waals surface area contributed by atoms with E-state index in [0.717, 1.165) is 16.7 Å². The van der Waals surface area contributed by atoms with E-state index in [-0.39, 0.29) is 17.1 Å². The predicted molar refractivity (Wildman–Crippen MR) is 86.2 cm³/mol. The maximum absolute atomic E-state index is 13.3. The lowest BCUT2D eigenvalue weighted by molar-refractivity contribution is 0.0820. The first-order chi connectivity index (χ1) is 11.5. The van der Waals surface area contributed by atoms with Crippen molar-refractivity contribution in [1.82, 2.24) is 4.98 Å². The van der Waals surface area contributed by atoms with Gasteiger partial charge in [0.25, 0.3) is 12.0 Å². The molecule has 0 saturated carbocycles. The lowest BCUT2D eigenvalue weighted by Crippen LogP contribution is -2.09. The molecule has 2 aromatic carbocycles. The Hall–Kier alpha value is -2.76. The van der Waals surface area contributed by atoms with E-state index in [9.17, 15) is 18.0 Å². The third-order valence-electron chi connectivity index (χ3n) is 3.73. The summed E-state index contributed by atoms with van der Waals surface area (Å²) in [5, 5.41) is 0.959. The second-order valence-corrected chi connectivity index (χ2v) is 5.40. The number of aromatic nitrogens is 1. The van der Waals surface area contributed by atoms with Crippen LogP contribution in [0.5, 0.6) is 5.75 Å². The number of alkyl halides is 2. The highest BCUT2D eigenvalue weighted by atomic mass is 19.3. The van der Waals surface area contributed by atoms with Gasteiger partial charge in [0.1, 0.15) is 18.2 Å². The summed E-state index contributed by atoms with van der Waals surface area (Å²) < 4.78 is 42.8. The van der Waals surface area contributed by atoms with E-state index >= 15 is 0 Å². The van der Waals surface area contributed by atoms with Gasteiger partial charge >= 0.3 is 0 Å². The van der Waals surface area contributed by atoms with Crippen LogP contribution in [-0.4, -0.2) is 18.0 Å². The molecule has 0 amide bonds. The first kappa shape index (κ1) is 16.1. The van der Waals surface area contributed by atoms with Gasteiger partial charge < -0.3 is 9.72 Å². The van der Waals surface area contributed by atoms with E-state index in [1.165, 1.54) is 24.3 Å². The van der Waals surface area contributed by atoms with Crippen molar-refractivity contribution in [3.8, 4) is 16.9 Å². The molecule has 0 spiro atoms. The molecule has 24 heavy (non-hydrogen) atoms. The van der Waals surface area contributed by atoms with Crippen molar-refractivity contribution in [2.24, 2.45) is 0 Å². The molecule has 3 rings (SSSR count). The Morgan fingerprint density at radius 3 is 2.58 bits per heavy atom. The van der Waals surface area contributed by atoms with Crippen molar-refractivity contribution in [2.75, 3.05) is 6.61 Å². The first-order valence-corrected chi connectivity index (χ1v) is 7.28. The number of halogens is 3. The van der Waals surface area contributed by atoms with Crippen LogP contribution >= 0.6 is 0 Å². The van der Waals surface area contributed by atoms with Gasteiger partial charge in [0, 0.05) is 11.8 Å². The Morgan fingerprint density at radius 1 is 1.08 bits per heavy atom.